The second-order valence-electron chi connectivity index (χ2n) is 11.7. The number of nitrogens with zero attached hydrogens (tertiary/aromatic N) is 2. The van der Waals surface area contributed by atoms with Gasteiger partial charge in [-0.05, 0) is 81.0 Å². The maximum atomic E-state index is 14.9. The van der Waals surface area contributed by atoms with Crippen LogP contribution in [-0.4, -0.2) is 34.2 Å². The van der Waals surface area contributed by atoms with Crippen LogP contribution < -0.4 is 16.1 Å². The summed E-state index contributed by atoms with van der Waals surface area (Å²) < 4.78 is 72.8. The first kappa shape index (κ1) is 25.8. The van der Waals surface area contributed by atoms with Crippen LogP contribution in [0.2, 0.25) is 0 Å². The molecule has 1 aromatic carbocycles. The van der Waals surface area contributed by atoms with Crippen molar-refractivity contribution in [1.82, 2.24) is 14.9 Å². The van der Waals surface area contributed by atoms with Crippen LogP contribution >= 0.6 is 0 Å². The SMILES string of the molecule is CNc1ccc2c(=O)c(C(=O)NC3(C)CC4CC5CC(C(F)(F)F)(CC45)C3)cn(-c3ccc(F)cc3F)c2n1. The molecule has 3 fully saturated rings. The van der Waals surface area contributed by atoms with Crippen LogP contribution in [0.5, 0.6) is 0 Å². The van der Waals surface area contributed by atoms with Crippen molar-refractivity contribution in [2.75, 3.05) is 12.4 Å². The van der Waals surface area contributed by atoms with Crippen LogP contribution in [0.25, 0.3) is 16.7 Å². The van der Waals surface area contributed by atoms with E-state index in [9.17, 15) is 31.5 Å². The number of amides is 1. The fourth-order valence-corrected chi connectivity index (χ4v) is 7.44. The molecule has 6 nitrogen and oxygen atoms in total. The molecular formula is C28H27F5N4O2. The summed E-state index contributed by atoms with van der Waals surface area (Å²) in [6.07, 6.45) is -2.32. The van der Waals surface area contributed by atoms with Gasteiger partial charge >= 0.3 is 6.18 Å². The highest BCUT2D eigenvalue weighted by molar-refractivity contribution is 5.97. The molecule has 11 heteroatoms. The summed E-state index contributed by atoms with van der Waals surface area (Å²) >= 11 is 0. The number of nitrogens with one attached hydrogen (secondary N) is 2. The van der Waals surface area contributed by atoms with Crippen LogP contribution in [0.15, 0.2) is 41.3 Å². The van der Waals surface area contributed by atoms with Crippen molar-refractivity contribution in [1.29, 1.82) is 0 Å². The number of carbonyl (C=O) groups excluding carboxylic acids is 1. The minimum absolute atomic E-state index is 0.00264. The van der Waals surface area contributed by atoms with Gasteiger partial charge in [-0.3, -0.25) is 14.2 Å². The van der Waals surface area contributed by atoms with E-state index in [-0.39, 0.29) is 59.3 Å². The van der Waals surface area contributed by atoms with Gasteiger partial charge in [-0.15, -0.1) is 0 Å². The van der Waals surface area contributed by atoms with E-state index in [1.54, 1.807) is 14.0 Å². The molecule has 3 aromatic rings. The van der Waals surface area contributed by atoms with Gasteiger partial charge in [0.1, 0.15) is 23.0 Å². The number of rotatable bonds is 4. The van der Waals surface area contributed by atoms with Gasteiger partial charge < -0.3 is 10.6 Å². The Labute approximate surface area is 220 Å². The first-order valence-corrected chi connectivity index (χ1v) is 12.9. The second kappa shape index (κ2) is 8.50. The van der Waals surface area contributed by atoms with Crippen LogP contribution in [-0.2, 0) is 0 Å². The smallest absolute Gasteiger partial charge is 0.373 e. The summed E-state index contributed by atoms with van der Waals surface area (Å²) in [5, 5.41) is 5.61. The van der Waals surface area contributed by atoms with E-state index in [0.717, 1.165) is 18.3 Å². The highest BCUT2D eigenvalue weighted by Gasteiger charge is 2.68. The number of fused-ring (bicyclic) bond motifs is 2. The number of pyridine rings is 2. The fourth-order valence-electron chi connectivity index (χ4n) is 7.44. The molecule has 0 saturated heterocycles. The van der Waals surface area contributed by atoms with E-state index in [2.05, 4.69) is 15.6 Å². The van der Waals surface area contributed by atoms with Gasteiger partial charge in [0.2, 0.25) is 5.43 Å². The largest absolute Gasteiger partial charge is 0.394 e. The highest BCUT2D eigenvalue weighted by atomic mass is 19.4. The zero-order valence-electron chi connectivity index (χ0n) is 21.3. The number of alkyl halides is 3. The summed E-state index contributed by atoms with van der Waals surface area (Å²) in [7, 11) is 1.61. The normalized spacial score (nSPS) is 29.6. The van der Waals surface area contributed by atoms with Crippen LogP contribution in [0.4, 0.5) is 27.8 Å². The Kier molecular flexibility index (Phi) is 5.61. The molecule has 2 heterocycles. The molecule has 0 aliphatic heterocycles. The van der Waals surface area contributed by atoms with Gasteiger partial charge in [0.15, 0.2) is 5.65 Å². The van der Waals surface area contributed by atoms with Crippen molar-refractivity contribution in [3.63, 3.8) is 0 Å². The Morgan fingerprint density at radius 3 is 2.54 bits per heavy atom. The molecule has 5 unspecified atom stereocenters. The number of halogens is 5. The van der Waals surface area contributed by atoms with E-state index in [4.69, 9.17) is 0 Å². The van der Waals surface area contributed by atoms with Crippen molar-refractivity contribution < 1.29 is 26.7 Å². The third kappa shape index (κ3) is 4.00. The van der Waals surface area contributed by atoms with Gasteiger partial charge in [0.25, 0.3) is 5.91 Å². The monoisotopic (exact) mass is 546 g/mol. The number of carbonyl (C=O) groups is 1. The fraction of sp³-hybridized carbons (Fsp3) is 0.464. The Bertz CT molecular complexity index is 1570. The van der Waals surface area contributed by atoms with Crippen molar-refractivity contribution in [3.8, 4) is 5.69 Å². The van der Waals surface area contributed by atoms with Crippen LogP contribution in [0, 0.1) is 34.8 Å². The highest BCUT2D eigenvalue weighted by Crippen LogP contribution is 2.69. The minimum atomic E-state index is -4.41. The number of aromatic nitrogens is 2. The molecule has 6 rings (SSSR count). The summed E-state index contributed by atoms with van der Waals surface area (Å²) in [4.78, 5) is 31.4. The molecule has 39 heavy (non-hydrogen) atoms. The summed E-state index contributed by atoms with van der Waals surface area (Å²) in [6, 6.07) is 5.82. The van der Waals surface area contributed by atoms with Crippen LogP contribution in [0.3, 0.4) is 0 Å². The van der Waals surface area contributed by atoms with Crippen LogP contribution in [0.1, 0.15) is 49.4 Å². The molecule has 3 aliphatic carbocycles. The zero-order chi connectivity index (χ0) is 27.9. The first-order chi connectivity index (χ1) is 18.3. The third-order valence-electron chi connectivity index (χ3n) is 9.07. The number of benzene rings is 1. The van der Waals surface area contributed by atoms with E-state index in [1.165, 1.54) is 16.7 Å². The van der Waals surface area contributed by atoms with E-state index >= 15 is 0 Å². The van der Waals surface area contributed by atoms with E-state index in [1.807, 2.05) is 0 Å². The van der Waals surface area contributed by atoms with Gasteiger partial charge in [-0.25, -0.2) is 13.8 Å². The summed E-state index contributed by atoms with van der Waals surface area (Å²) in [5.74, 6) is -2.07. The third-order valence-corrected chi connectivity index (χ3v) is 9.07. The molecule has 206 valence electrons. The lowest BCUT2D eigenvalue weighted by molar-refractivity contribution is -0.230. The minimum Gasteiger partial charge on any atom is -0.373 e. The molecule has 3 aliphatic rings. The Morgan fingerprint density at radius 2 is 1.85 bits per heavy atom. The summed E-state index contributed by atoms with van der Waals surface area (Å²) in [5.41, 5.74) is -4.24. The lowest BCUT2D eigenvalue weighted by Gasteiger charge is -2.47. The maximum Gasteiger partial charge on any atom is 0.394 e. The van der Waals surface area contributed by atoms with E-state index < -0.39 is 40.1 Å². The quantitative estimate of drug-likeness (QED) is 0.419. The Balaban J connectivity index is 1.44. The predicted octanol–water partition coefficient (Wildman–Crippen LogP) is 5.58. The second-order valence-corrected chi connectivity index (χ2v) is 11.7. The van der Waals surface area contributed by atoms with Crippen molar-refractivity contribution in [2.45, 2.75) is 50.7 Å². The Hall–Kier alpha value is -3.50. The predicted molar refractivity (Wildman–Crippen MR) is 135 cm³/mol. The zero-order valence-corrected chi connectivity index (χ0v) is 21.3. The lowest BCUT2D eigenvalue weighted by Crippen LogP contribution is -2.54. The average Bonchev–Trinajstić information content (AvgIpc) is 3.10. The molecule has 1 amide bonds. The molecule has 0 spiro atoms. The standard InChI is InChI=1S/C28H27F5N4O2/c1-26(9-14-7-15-10-27(13-26,11-18(14)15)28(31,32)33)36-25(39)19-12-37(21-5-3-16(29)8-20(21)30)24-17(23(19)38)4-6-22(34-2)35-24/h3-6,8,12,14-15,18H,7,9-11,13H2,1-2H3,(H,34,35)(H,36,39). The maximum absolute atomic E-state index is 14.9. The van der Waals surface area contributed by atoms with Gasteiger partial charge in [0.05, 0.1) is 16.5 Å². The van der Waals surface area contributed by atoms with Gasteiger partial charge in [0, 0.05) is 24.8 Å². The molecular weight excluding hydrogens is 519 g/mol. The molecule has 2 aromatic heterocycles. The van der Waals surface area contributed by atoms with Crippen molar-refractivity contribution >= 4 is 22.8 Å². The molecule has 2 bridgehead atoms. The van der Waals surface area contributed by atoms with Gasteiger partial charge in [-0.1, -0.05) is 0 Å². The van der Waals surface area contributed by atoms with Crippen molar-refractivity contribution in [2.24, 2.45) is 23.2 Å². The summed E-state index contributed by atoms with van der Waals surface area (Å²) in [6.45, 7) is 1.62. The van der Waals surface area contributed by atoms with E-state index in [0.29, 0.717) is 24.7 Å². The molecule has 5 atom stereocenters. The number of hydrogen-bond donors (Lipinski definition) is 2. The van der Waals surface area contributed by atoms with Crippen molar-refractivity contribution in [3.05, 3.63) is 63.9 Å². The lowest BCUT2D eigenvalue weighted by atomic mass is 9.61. The number of hydrogen-bond acceptors (Lipinski definition) is 4. The molecule has 3 saturated carbocycles. The van der Waals surface area contributed by atoms with Gasteiger partial charge in [-0.2, -0.15) is 13.2 Å². The first-order valence-electron chi connectivity index (χ1n) is 12.9. The number of anilines is 1. The average molecular weight is 547 g/mol. The molecule has 0 radical (unpaired) electrons. The topological polar surface area (TPSA) is 76.0 Å². The Morgan fingerprint density at radius 1 is 1.10 bits per heavy atom. The molecule has 2 N–H and O–H groups in total.